The molecule has 0 unspecified atom stereocenters. The van der Waals surface area contributed by atoms with Gasteiger partial charge in [-0.1, -0.05) is 42.1 Å². The standard InChI is InChI=1S/C20H20N4O5S/c25-12-6-11-23-19(27)17(30-20(23)21-14-7-2-1-3-8-14)13-18(26)22-15-9-4-5-10-16(15)24(28)29/h1-5,7-10,17,25H,6,11-13H2,(H,22,26)/t17-/m0/s1. The third-order valence-corrected chi connectivity index (χ3v) is 5.46. The molecular weight excluding hydrogens is 408 g/mol. The highest BCUT2D eigenvalue weighted by Gasteiger charge is 2.39. The van der Waals surface area contributed by atoms with Crippen molar-refractivity contribution in [3.63, 3.8) is 0 Å². The van der Waals surface area contributed by atoms with E-state index in [4.69, 9.17) is 5.11 Å². The van der Waals surface area contributed by atoms with E-state index in [0.29, 0.717) is 17.3 Å². The summed E-state index contributed by atoms with van der Waals surface area (Å²) < 4.78 is 0. The number of thioether (sulfide) groups is 1. The van der Waals surface area contributed by atoms with E-state index >= 15 is 0 Å². The number of aliphatic imine (C=N–C) groups is 1. The normalized spacial score (nSPS) is 17.4. The van der Waals surface area contributed by atoms with E-state index < -0.39 is 16.1 Å². The predicted molar refractivity (Wildman–Crippen MR) is 115 cm³/mol. The Morgan fingerprint density at radius 1 is 1.20 bits per heavy atom. The van der Waals surface area contributed by atoms with Gasteiger partial charge in [-0.25, -0.2) is 4.99 Å². The lowest BCUT2D eigenvalue weighted by Gasteiger charge is -2.15. The summed E-state index contributed by atoms with van der Waals surface area (Å²) in [4.78, 5) is 41.8. The molecule has 156 valence electrons. The monoisotopic (exact) mass is 428 g/mol. The van der Waals surface area contributed by atoms with Crippen molar-refractivity contribution in [2.24, 2.45) is 4.99 Å². The zero-order valence-corrected chi connectivity index (χ0v) is 16.7. The third-order valence-electron chi connectivity index (χ3n) is 4.29. The number of nitrogens with zero attached hydrogens (tertiary/aromatic N) is 3. The number of hydrogen-bond acceptors (Lipinski definition) is 7. The summed E-state index contributed by atoms with van der Waals surface area (Å²) in [7, 11) is 0. The van der Waals surface area contributed by atoms with Gasteiger partial charge in [0.15, 0.2) is 5.17 Å². The Hall–Kier alpha value is -3.24. The molecule has 2 aromatic carbocycles. The van der Waals surface area contributed by atoms with Crippen molar-refractivity contribution in [3.8, 4) is 0 Å². The first-order valence-corrected chi connectivity index (χ1v) is 10.1. The number of nitrogens with one attached hydrogen (secondary N) is 1. The molecule has 2 amide bonds. The van der Waals surface area contributed by atoms with Crippen molar-refractivity contribution in [2.75, 3.05) is 18.5 Å². The van der Waals surface area contributed by atoms with Gasteiger partial charge in [0.1, 0.15) is 10.9 Å². The minimum Gasteiger partial charge on any atom is -0.396 e. The number of carbonyl (C=O) groups excluding carboxylic acids is 2. The summed E-state index contributed by atoms with van der Waals surface area (Å²) in [6.07, 6.45) is 0.230. The van der Waals surface area contributed by atoms with Crippen LogP contribution in [0.3, 0.4) is 0 Å². The fourth-order valence-electron chi connectivity index (χ4n) is 2.88. The van der Waals surface area contributed by atoms with Crippen molar-refractivity contribution in [2.45, 2.75) is 18.1 Å². The van der Waals surface area contributed by atoms with Crippen LogP contribution in [0.25, 0.3) is 0 Å². The highest BCUT2D eigenvalue weighted by molar-refractivity contribution is 8.15. The first-order valence-electron chi connectivity index (χ1n) is 9.25. The molecule has 0 aromatic heterocycles. The lowest BCUT2D eigenvalue weighted by atomic mass is 10.2. The van der Waals surface area contributed by atoms with Crippen LogP contribution in [0.15, 0.2) is 59.6 Å². The number of aliphatic hydroxyl groups is 1. The maximum absolute atomic E-state index is 12.8. The molecule has 0 bridgehead atoms. The van der Waals surface area contributed by atoms with Gasteiger partial charge < -0.3 is 10.4 Å². The smallest absolute Gasteiger partial charge is 0.292 e. The van der Waals surface area contributed by atoms with Gasteiger partial charge in [-0.3, -0.25) is 24.6 Å². The molecule has 1 heterocycles. The Labute approximate surface area is 177 Å². The van der Waals surface area contributed by atoms with E-state index in [0.717, 1.165) is 0 Å². The van der Waals surface area contributed by atoms with Gasteiger partial charge in [-0.15, -0.1) is 0 Å². The zero-order valence-electron chi connectivity index (χ0n) is 15.9. The molecule has 30 heavy (non-hydrogen) atoms. The number of hydrogen-bond donors (Lipinski definition) is 2. The fourth-order valence-corrected chi connectivity index (χ4v) is 4.06. The molecule has 1 aliphatic rings. The van der Waals surface area contributed by atoms with Crippen molar-refractivity contribution in [3.05, 3.63) is 64.7 Å². The molecule has 1 fully saturated rings. The van der Waals surface area contributed by atoms with E-state index in [9.17, 15) is 19.7 Å². The minimum absolute atomic E-state index is 0.0735. The number of nitro groups is 1. The minimum atomic E-state index is -0.700. The van der Waals surface area contributed by atoms with E-state index in [1.54, 1.807) is 18.2 Å². The number of para-hydroxylation sites is 3. The number of nitro benzene ring substituents is 1. The van der Waals surface area contributed by atoms with Crippen LogP contribution in [-0.2, 0) is 9.59 Å². The number of aliphatic hydroxyl groups excluding tert-OH is 1. The molecule has 0 spiro atoms. The summed E-state index contributed by atoms with van der Waals surface area (Å²) in [6.45, 7) is 0.214. The van der Waals surface area contributed by atoms with Crippen LogP contribution in [0.2, 0.25) is 0 Å². The number of carbonyl (C=O) groups is 2. The van der Waals surface area contributed by atoms with Crippen LogP contribution in [0, 0.1) is 10.1 Å². The largest absolute Gasteiger partial charge is 0.396 e. The molecule has 0 saturated carbocycles. The number of amides is 2. The zero-order chi connectivity index (χ0) is 21.5. The number of amidine groups is 1. The van der Waals surface area contributed by atoms with Gasteiger partial charge >= 0.3 is 0 Å². The molecule has 1 atom stereocenters. The van der Waals surface area contributed by atoms with Crippen molar-refractivity contribution in [1.82, 2.24) is 4.90 Å². The Balaban J connectivity index is 1.74. The van der Waals surface area contributed by atoms with E-state index in [1.807, 2.05) is 18.2 Å². The number of anilines is 1. The van der Waals surface area contributed by atoms with Gasteiger partial charge in [0.25, 0.3) is 5.69 Å². The van der Waals surface area contributed by atoms with Crippen molar-refractivity contribution in [1.29, 1.82) is 0 Å². The van der Waals surface area contributed by atoms with Crippen LogP contribution < -0.4 is 5.32 Å². The van der Waals surface area contributed by atoms with Gasteiger partial charge in [-0.2, -0.15) is 0 Å². The maximum Gasteiger partial charge on any atom is 0.292 e. The van der Waals surface area contributed by atoms with Crippen molar-refractivity contribution >= 4 is 45.8 Å². The van der Waals surface area contributed by atoms with Crippen LogP contribution in [0.4, 0.5) is 17.1 Å². The topological polar surface area (TPSA) is 125 Å². The number of benzene rings is 2. The lowest BCUT2D eigenvalue weighted by molar-refractivity contribution is -0.383. The first-order chi connectivity index (χ1) is 14.5. The Kier molecular flexibility index (Phi) is 7.15. The molecule has 2 aromatic rings. The average molecular weight is 428 g/mol. The van der Waals surface area contributed by atoms with E-state index in [-0.39, 0.29) is 36.9 Å². The summed E-state index contributed by atoms with van der Waals surface area (Å²) in [5.41, 5.74) is 0.539. The second-order valence-electron chi connectivity index (χ2n) is 6.43. The molecule has 10 heteroatoms. The average Bonchev–Trinajstić information content (AvgIpc) is 3.01. The summed E-state index contributed by atoms with van der Waals surface area (Å²) >= 11 is 1.17. The second-order valence-corrected chi connectivity index (χ2v) is 7.60. The molecule has 2 N–H and O–H groups in total. The summed E-state index contributed by atoms with van der Waals surface area (Å²) in [6, 6.07) is 15.0. The van der Waals surface area contributed by atoms with Gasteiger partial charge in [0, 0.05) is 25.6 Å². The van der Waals surface area contributed by atoms with Crippen LogP contribution in [0.1, 0.15) is 12.8 Å². The fraction of sp³-hybridized carbons (Fsp3) is 0.250. The van der Waals surface area contributed by atoms with Crippen molar-refractivity contribution < 1.29 is 19.6 Å². The highest BCUT2D eigenvalue weighted by atomic mass is 32.2. The third kappa shape index (κ3) is 5.22. The van der Waals surface area contributed by atoms with Gasteiger partial charge in [-0.05, 0) is 24.6 Å². The maximum atomic E-state index is 12.8. The molecule has 9 nitrogen and oxygen atoms in total. The second kappa shape index (κ2) is 9.99. The van der Waals surface area contributed by atoms with E-state index in [2.05, 4.69) is 10.3 Å². The summed E-state index contributed by atoms with van der Waals surface area (Å²) in [5.74, 6) is -0.779. The van der Waals surface area contributed by atoms with Gasteiger partial charge in [0.05, 0.1) is 10.6 Å². The summed E-state index contributed by atoms with van der Waals surface area (Å²) in [5, 5.41) is 22.5. The number of rotatable bonds is 8. The van der Waals surface area contributed by atoms with Crippen LogP contribution in [-0.4, -0.2) is 50.3 Å². The molecule has 0 radical (unpaired) electrons. The quantitative estimate of drug-likeness (QED) is 0.492. The van der Waals surface area contributed by atoms with E-state index in [1.165, 1.54) is 34.9 Å². The Morgan fingerprint density at radius 2 is 1.90 bits per heavy atom. The van der Waals surface area contributed by atoms with Gasteiger partial charge in [0.2, 0.25) is 11.8 Å². The molecule has 0 aliphatic carbocycles. The Bertz CT molecular complexity index is 967. The van der Waals surface area contributed by atoms with Crippen LogP contribution >= 0.6 is 11.8 Å². The first kappa shape index (κ1) is 21.5. The lowest BCUT2D eigenvalue weighted by Crippen LogP contribution is -2.34. The Morgan fingerprint density at radius 3 is 2.60 bits per heavy atom. The predicted octanol–water partition coefficient (Wildman–Crippen LogP) is 2.94. The van der Waals surface area contributed by atoms with Crippen LogP contribution in [0.5, 0.6) is 0 Å². The molecule has 1 aliphatic heterocycles. The SMILES string of the molecule is O=C(C[C@@H]1SC(=Nc2ccccc2)N(CCCO)C1=O)Nc1ccccc1[N+](=O)[O-]. The molecule has 3 rings (SSSR count). The molecular formula is C20H20N4O5S. The highest BCUT2D eigenvalue weighted by Crippen LogP contribution is 2.32. The molecule has 1 saturated heterocycles.